The normalized spacial score (nSPS) is 11.4. The molecule has 7 heteroatoms. The lowest BCUT2D eigenvalue weighted by Gasteiger charge is -2.08. The van der Waals surface area contributed by atoms with Crippen LogP contribution in [0.3, 0.4) is 0 Å². The first-order valence-corrected chi connectivity index (χ1v) is 8.88. The van der Waals surface area contributed by atoms with Gasteiger partial charge in [-0.05, 0) is 18.2 Å². The molecule has 3 aromatic carbocycles. The van der Waals surface area contributed by atoms with Crippen LogP contribution in [0, 0.1) is 10.1 Å². The lowest BCUT2D eigenvalue weighted by molar-refractivity contribution is -0.384. The van der Waals surface area contributed by atoms with Crippen LogP contribution < -0.4 is 5.43 Å². The molecule has 7 nitrogen and oxygen atoms in total. The number of nitro groups is 1. The van der Waals surface area contributed by atoms with Crippen LogP contribution in [0.1, 0.15) is 21.5 Å². The smallest absolute Gasteiger partial charge is 0.273 e. The average Bonchev–Trinajstić information content (AvgIpc) is 3.19. The molecule has 0 spiro atoms. The number of carbonyl (C=O) groups is 1. The van der Waals surface area contributed by atoms with Crippen LogP contribution >= 0.6 is 0 Å². The van der Waals surface area contributed by atoms with Crippen molar-refractivity contribution in [3.8, 4) is 0 Å². The molecule has 1 amide bonds. The number of non-ortho nitro benzene ring substituents is 1. The van der Waals surface area contributed by atoms with Gasteiger partial charge in [-0.15, -0.1) is 0 Å². The van der Waals surface area contributed by atoms with Gasteiger partial charge in [0, 0.05) is 40.4 Å². The lowest BCUT2D eigenvalue weighted by Crippen LogP contribution is -2.20. The zero-order valence-electron chi connectivity index (χ0n) is 15.2. The second-order valence-electron chi connectivity index (χ2n) is 6.32. The highest BCUT2D eigenvalue weighted by Crippen LogP contribution is 2.18. The van der Waals surface area contributed by atoms with Crippen LogP contribution in [0.15, 0.2) is 90.2 Å². The molecule has 4 aromatic rings. The second-order valence-corrected chi connectivity index (χ2v) is 6.32. The Balaban J connectivity index is 1.68. The first-order valence-electron chi connectivity index (χ1n) is 8.88. The van der Waals surface area contributed by atoms with Gasteiger partial charge in [0.2, 0.25) is 0 Å². The summed E-state index contributed by atoms with van der Waals surface area (Å²) in [6, 6.07) is 22.9. The fourth-order valence-corrected chi connectivity index (χ4v) is 3.06. The number of aromatic amines is 1. The first-order chi connectivity index (χ1) is 14.1. The predicted molar refractivity (Wildman–Crippen MR) is 111 cm³/mol. The maximum absolute atomic E-state index is 12.7. The molecule has 0 aliphatic heterocycles. The minimum Gasteiger partial charge on any atom is -0.360 e. The molecule has 0 saturated carbocycles. The molecule has 0 aliphatic rings. The third kappa shape index (κ3) is 3.74. The van der Waals surface area contributed by atoms with Crippen molar-refractivity contribution < 1.29 is 9.72 Å². The number of hydrogen-bond donors (Lipinski definition) is 2. The van der Waals surface area contributed by atoms with E-state index < -0.39 is 4.92 Å². The molecule has 1 aromatic heterocycles. The molecular formula is C22H16N4O3. The lowest BCUT2D eigenvalue weighted by atomic mass is 10.0. The van der Waals surface area contributed by atoms with Crippen LogP contribution in [0.5, 0.6) is 0 Å². The highest BCUT2D eigenvalue weighted by Gasteiger charge is 2.14. The third-order valence-corrected chi connectivity index (χ3v) is 4.50. The SMILES string of the molecule is O=C(N/N=C(/c1ccccc1)c1ccc([N+](=O)[O-])cc1)c1c[nH]c2ccccc12. The summed E-state index contributed by atoms with van der Waals surface area (Å²) < 4.78 is 0. The van der Waals surface area contributed by atoms with E-state index in [9.17, 15) is 14.9 Å². The summed E-state index contributed by atoms with van der Waals surface area (Å²) in [4.78, 5) is 26.2. The number of para-hydroxylation sites is 1. The van der Waals surface area contributed by atoms with E-state index in [4.69, 9.17) is 0 Å². The van der Waals surface area contributed by atoms with E-state index in [-0.39, 0.29) is 11.6 Å². The molecule has 0 unspecified atom stereocenters. The van der Waals surface area contributed by atoms with Crippen LogP contribution in [-0.4, -0.2) is 21.5 Å². The van der Waals surface area contributed by atoms with Gasteiger partial charge in [-0.3, -0.25) is 14.9 Å². The van der Waals surface area contributed by atoms with E-state index in [0.29, 0.717) is 16.8 Å². The Hall–Kier alpha value is -4.26. The highest BCUT2D eigenvalue weighted by molar-refractivity contribution is 6.14. The van der Waals surface area contributed by atoms with Crippen LogP contribution in [0.4, 0.5) is 5.69 Å². The fourth-order valence-electron chi connectivity index (χ4n) is 3.06. The molecule has 0 fully saturated rings. The summed E-state index contributed by atoms with van der Waals surface area (Å²) in [5.74, 6) is -0.349. The Labute approximate surface area is 165 Å². The van der Waals surface area contributed by atoms with Gasteiger partial charge in [0.25, 0.3) is 11.6 Å². The Kier molecular flexibility index (Phi) is 4.86. The van der Waals surface area contributed by atoms with Crippen LogP contribution in [0.25, 0.3) is 10.9 Å². The van der Waals surface area contributed by atoms with E-state index in [1.54, 1.807) is 18.3 Å². The number of amides is 1. The largest absolute Gasteiger partial charge is 0.360 e. The third-order valence-electron chi connectivity index (χ3n) is 4.50. The Morgan fingerprint density at radius 1 is 0.897 bits per heavy atom. The minimum atomic E-state index is -0.456. The Morgan fingerprint density at radius 2 is 1.55 bits per heavy atom. The van der Waals surface area contributed by atoms with Gasteiger partial charge in [-0.1, -0.05) is 48.5 Å². The molecule has 29 heavy (non-hydrogen) atoms. The molecule has 4 rings (SSSR count). The van der Waals surface area contributed by atoms with E-state index in [1.165, 1.54) is 12.1 Å². The van der Waals surface area contributed by atoms with Crippen molar-refractivity contribution >= 4 is 28.2 Å². The van der Waals surface area contributed by atoms with E-state index >= 15 is 0 Å². The van der Waals surface area contributed by atoms with Crippen molar-refractivity contribution in [1.82, 2.24) is 10.4 Å². The molecule has 0 atom stereocenters. The topological polar surface area (TPSA) is 100 Å². The Bertz CT molecular complexity index is 1210. The summed E-state index contributed by atoms with van der Waals surface area (Å²) in [5, 5.41) is 16.1. The standard InChI is InChI=1S/C22H16N4O3/c27-22(19-14-23-20-9-5-4-8-18(19)20)25-24-21(15-6-2-1-3-7-15)16-10-12-17(13-11-16)26(28)29/h1-14,23H,(H,25,27)/b24-21-. The number of hydrazone groups is 1. The second kappa shape index (κ2) is 7.77. The monoisotopic (exact) mass is 384 g/mol. The van der Waals surface area contributed by atoms with Gasteiger partial charge in [-0.25, -0.2) is 5.43 Å². The van der Waals surface area contributed by atoms with E-state index in [0.717, 1.165) is 16.5 Å². The predicted octanol–water partition coefficient (Wildman–Crippen LogP) is 4.26. The van der Waals surface area contributed by atoms with Gasteiger partial charge in [0.1, 0.15) is 0 Å². The first kappa shape index (κ1) is 18.1. The van der Waals surface area contributed by atoms with E-state index in [1.807, 2.05) is 54.6 Å². The molecule has 142 valence electrons. The van der Waals surface area contributed by atoms with Crippen molar-refractivity contribution in [2.24, 2.45) is 5.10 Å². The van der Waals surface area contributed by atoms with Crippen LogP contribution in [0.2, 0.25) is 0 Å². The van der Waals surface area contributed by atoms with E-state index in [2.05, 4.69) is 15.5 Å². The van der Waals surface area contributed by atoms with Crippen molar-refractivity contribution in [2.45, 2.75) is 0 Å². The van der Waals surface area contributed by atoms with Crippen LogP contribution in [-0.2, 0) is 0 Å². The zero-order chi connectivity index (χ0) is 20.2. The summed E-state index contributed by atoms with van der Waals surface area (Å²) in [7, 11) is 0. The maximum atomic E-state index is 12.7. The zero-order valence-corrected chi connectivity index (χ0v) is 15.2. The number of hydrogen-bond acceptors (Lipinski definition) is 4. The van der Waals surface area contributed by atoms with Crippen molar-refractivity contribution in [3.05, 3.63) is 112 Å². The number of carbonyl (C=O) groups excluding carboxylic acids is 1. The van der Waals surface area contributed by atoms with Gasteiger partial charge in [-0.2, -0.15) is 5.10 Å². The number of rotatable bonds is 5. The number of aromatic nitrogens is 1. The summed E-state index contributed by atoms with van der Waals surface area (Å²) in [6.45, 7) is 0. The van der Waals surface area contributed by atoms with Gasteiger partial charge < -0.3 is 4.98 Å². The molecule has 0 bridgehead atoms. The van der Waals surface area contributed by atoms with Gasteiger partial charge in [0.15, 0.2) is 0 Å². The number of H-pyrrole nitrogens is 1. The summed E-state index contributed by atoms with van der Waals surface area (Å²) in [6.07, 6.45) is 1.64. The minimum absolute atomic E-state index is 0.0102. The van der Waals surface area contributed by atoms with Crippen molar-refractivity contribution in [3.63, 3.8) is 0 Å². The number of benzene rings is 3. The van der Waals surface area contributed by atoms with Gasteiger partial charge >= 0.3 is 0 Å². The summed E-state index contributed by atoms with van der Waals surface area (Å²) in [5.41, 5.74) is 5.88. The molecule has 2 N–H and O–H groups in total. The van der Waals surface area contributed by atoms with Crippen molar-refractivity contribution in [2.75, 3.05) is 0 Å². The molecule has 1 heterocycles. The number of fused-ring (bicyclic) bond motifs is 1. The number of nitro benzene ring substituents is 1. The highest BCUT2D eigenvalue weighted by atomic mass is 16.6. The number of nitrogens with one attached hydrogen (secondary N) is 2. The maximum Gasteiger partial charge on any atom is 0.273 e. The molecular weight excluding hydrogens is 368 g/mol. The quantitative estimate of drug-likeness (QED) is 0.305. The van der Waals surface area contributed by atoms with Crippen molar-refractivity contribution in [1.29, 1.82) is 0 Å². The molecule has 0 aliphatic carbocycles. The Morgan fingerprint density at radius 3 is 2.28 bits per heavy atom. The number of nitrogens with zero attached hydrogens (tertiary/aromatic N) is 2. The average molecular weight is 384 g/mol. The fraction of sp³-hybridized carbons (Fsp3) is 0. The van der Waals surface area contributed by atoms with Gasteiger partial charge in [0.05, 0.1) is 16.2 Å². The molecule has 0 saturated heterocycles. The molecule has 0 radical (unpaired) electrons. The summed E-state index contributed by atoms with van der Waals surface area (Å²) >= 11 is 0.